The summed E-state index contributed by atoms with van der Waals surface area (Å²) in [6.07, 6.45) is 2.30. The molecule has 1 fully saturated rings. The quantitative estimate of drug-likeness (QED) is 0.697. The highest BCUT2D eigenvalue weighted by Crippen LogP contribution is 2.44. The van der Waals surface area contributed by atoms with Gasteiger partial charge in [0.2, 0.25) is 0 Å². The standard InChI is InChI=1S/C12H17N/c1-8-6-9(2)10(3)11(7-8)12(13)4-5-12/h6-7H,4-5,13H2,1-3H3. The summed E-state index contributed by atoms with van der Waals surface area (Å²) in [6, 6.07) is 4.47. The van der Waals surface area contributed by atoms with E-state index in [1.165, 1.54) is 22.3 Å². The van der Waals surface area contributed by atoms with Crippen molar-refractivity contribution in [3.63, 3.8) is 0 Å². The maximum Gasteiger partial charge on any atom is 0.0414 e. The third-order valence-corrected chi connectivity index (χ3v) is 3.14. The van der Waals surface area contributed by atoms with Crippen molar-refractivity contribution in [3.8, 4) is 0 Å². The molecule has 1 nitrogen and oxygen atoms in total. The summed E-state index contributed by atoms with van der Waals surface area (Å²) in [5, 5.41) is 0. The van der Waals surface area contributed by atoms with E-state index in [0.29, 0.717) is 0 Å². The lowest BCUT2D eigenvalue weighted by atomic mass is 9.94. The van der Waals surface area contributed by atoms with Crippen LogP contribution in [0, 0.1) is 20.8 Å². The van der Waals surface area contributed by atoms with Crippen LogP contribution in [0.25, 0.3) is 0 Å². The fraction of sp³-hybridized carbons (Fsp3) is 0.500. The predicted octanol–water partition coefficient (Wildman–Crippen LogP) is 2.56. The average Bonchev–Trinajstić information content (AvgIpc) is 2.77. The van der Waals surface area contributed by atoms with Crippen LogP contribution in [0.1, 0.15) is 35.1 Å². The van der Waals surface area contributed by atoms with Crippen molar-refractivity contribution in [2.75, 3.05) is 0 Å². The van der Waals surface area contributed by atoms with Gasteiger partial charge in [-0.05, 0) is 50.3 Å². The second kappa shape index (κ2) is 2.58. The molecule has 0 radical (unpaired) electrons. The Hall–Kier alpha value is -0.820. The molecule has 0 amide bonds. The van der Waals surface area contributed by atoms with Crippen molar-refractivity contribution in [2.24, 2.45) is 5.73 Å². The van der Waals surface area contributed by atoms with Gasteiger partial charge in [-0.2, -0.15) is 0 Å². The van der Waals surface area contributed by atoms with E-state index in [4.69, 9.17) is 5.73 Å². The van der Waals surface area contributed by atoms with E-state index in [2.05, 4.69) is 32.9 Å². The van der Waals surface area contributed by atoms with E-state index in [1.54, 1.807) is 0 Å². The number of rotatable bonds is 1. The van der Waals surface area contributed by atoms with Gasteiger partial charge in [0.15, 0.2) is 0 Å². The maximum atomic E-state index is 6.21. The summed E-state index contributed by atoms with van der Waals surface area (Å²) < 4.78 is 0. The van der Waals surface area contributed by atoms with Crippen LogP contribution in [-0.2, 0) is 5.54 Å². The fourth-order valence-electron chi connectivity index (χ4n) is 1.96. The highest BCUT2D eigenvalue weighted by Gasteiger charge is 2.41. The Kier molecular flexibility index (Phi) is 1.74. The van der Waals surface area contributed by atoms with Crippen LogP contribution < -0.4 is 5.73 Å². The van der Waals surface area contributed by atoms with E-state index in [-0.39, 0.29) is 5.54 Å². The fourth-order valence-corrected chi connectivity index (χ4v) is 1.96. The molecule has 0 unspecified atom stereocenters. The number of hydrogen-bond donors (Lipinski definition) is 1. The van der Waals surface area contributed by atoms with Gasteiger partial charge in [-0.25, -0.2) is 0 Å². The first-order valence-electron chi connectivity index (χ1n) is 4.90. The SMILES string of the molecule is Cc1cc(C)c(C)c(C2(N)CC2)c1. The van der Waals surface area contributed by atoms with Crippen LogP contribution >= 0.6 is 0 Å². The van der Waals surface area contributed by atoms with Crippen LogP contribution in [0.2, 0.25) is 0 Å². The topological polar surface area (TPSA) is 26.0 Å². The summed E-state index contributed by atoms with van der Waals surface area (Å²) in [4.78, 5) is 0. The molecule has 0 aromatic heterocycles. The molecule has 1 aromatic carbocycles. The Morgan fingerprint density at radius 2 is 1.77 bits per heavy atom. The molecule has 0 atom stereocenters. The summed E-state index contributed by atoms with van der Waals surface area (Å²) >= 11 is 0. The van der Waals surface area contributed by atoms with Crippen LogP contribution in [0.4, 0.5) is 0 Å². The Balaban J connectivity index is 2.56. The van der Waals surface area contributed by atoms with Gasteiger partial charge in [0, 0.05) is 5.54 Å². The summed E-state index contributed by atoms with van der Waals surface area (Å²) in [7, 11) is 0. The minimum Gasteiger partial charge on any atom is -0.321 e. The summed E-state index contributed by atoms with van der Waals surface area (Å²) in [6.45, 7) is 6.48. The molecule has 1 aliphatic carbocycles. The molecule has 1 aliphatic rings. The normalized spacial score (nSPS) is 18.8. The van der Waals surface area contributed by atoms with Gasteiger partial charge in [-0.15, -0.1) is 0 Å². The lowest BCUT2D eigenvalue weighted by molar-refractivity contribution is 0.730. The predicted molar refractivity (Wildman–Crippen MR) is 55.8 cm³/mol. The molecule has 0 heterocycles. The largest absolute Gasteiger partial charge is 0.321 e. The van der Waals surface area contributed by atoms with E-state index in [9.17, 15) is 0 Å². The second-order valence-corrected chi connectivity index (χ2v) is 4.41. The van der Waals surface area contributed by atoms with Crippen molar-refractivity contribution >= 4 is 0 Å². The van der Waals surface area contributed by atoms with Gasteiger partial charge in [-0.1, -0.05) is 17.7 Å². The van der Waals surface area contributed by atoms with Gasteiger partial charge in [0.05, 0.1) is 0 Å². The molecule has 1 saturated carbocycles. The first-order valence-corrected chi connectivity index (χ1v) is 4.90. The lowest BCUT2D eigenvalue weighted by Gasteiger charge is -2.15. The molecule has 13 heavy (non-hydrogen) atoms. The van der Waals surface area contributed by atoms with Crippen molar-refractivity contribution in [2.45, 2.75) is 39.2 Å². The molecule has 1 heteroatoms. The van der Waals surface area contributed by atoms with Gasteiger partial charge in [0.1, 0.15) is 0 Å². The zero-order valence-electron chi connectivity index (χ0n) is 8.65. The third kappa shape index (κ3) is 1.37. The lowest BCUT2D eigenvalue weighted by Crippen LogP contribution is -2.20. The molecule has 0 saturated heterocycles. The highest BCUT2D eigenvalue weighted by atomic mass is 14.8. The Morgan fingerprint density at radius 3 is 2.31 bits per heavy atom. The highest BCUT2D eigenvalue weighted by molar-refractivity contribution is 5.43. The Labute approximate surface area is 80.0 Å². The van der Waals surface area contributed by atoms with Crippen molar-refractivity contribution in [3.05, 3.63) is 34.4 Å². The molecule has 2 N–H and O–H groups in total. The van der Waals surface area contributed by atoms with Crippen LogP contribution in [-0.4, -0.2) is 0 Å². The van der Waals surface area contributed by atoms with Crippen molar-refractivity contribution in [1.82, 2.24) is 0 Å². The smallest absolute Gasteiger partial charge is 0.0414 e. The third-order valence-electron chi connectivity index (χ3n) is 3.14. The van der Waals surface area contributed by atoms with E-state index < -0.39 is 0 Å². The monoisotopic (exact) mass is 175 g/mol. The van der Waals surface area contributed by atoms with Gasteiger partial charge >= 0.3 is 0 Å². The first-order chi connectivity index (χ1) is 6.03. The molecule has 0 spiro atoms. The minimum absolute atomic E-state index is 0.0147. The molecule has 0 aliphatic heterocycles. The zero-order valence-corrected chi connectivity index (χ0v) is 8.65. The van der Waals surface area contributed by atoms with Crippen LogP contribution in [0.3, 0.4) is 0 Å². The first kappa shape index (κ1) is 8.76. The average molecular weight is 175 g/mol. The number of hydrogen-bond acceptors (Lipinski definition) is 1. The zero-order chi connectivity index (χ0) is 9.64. The summed E-state index contributed by atoms with van der Waals surface area (Å²) in [5.74, 6) is 0. The molecular formula is C12H17N. The van der Waals surface area contributed by atoms with E-state index in [0.717, 1.165) is 12.8 Å². The number of nitrogens with two attached hydrogens (primary N) is 1. The number of benzene rings is 1. The van der Waals surface area contributed by atoms with Gasteiger partial charge < -0.3 is 5.73 Å². The molecule has 2 rings (SSSR count). The van der Waals surface area contributed by atoms with Crippen LogP contribution in [0.5, 0.6) is 0 Å². The van der Waals surface area contributed by atoms with E-state index >= 15 is 0 Å². The Bertz CT molecular complexity index is 348. The van der Waals surface area contributed by atoms with Crippen molar-refractivity contribution < 1.29 is 0 Å². The van der Waals surface area contributed by atoms with Crippen LogP contribution in [0.15, 0.2) is 12.1 Å². The van der Waals surface area contributed by atoms with Gasteiger partial charge in [0.25, 0.3) is 0 Å². The van der Waals surface area contributed by atoms with E-state index in [1.807, 2.05) is 0 Å². The molecule has 70 valence electrons. The molecular weight excluding hydrogens is 158 g/mol. The maximum absolute atomic E-state index is 6.21. The minimum atomic E-state index is 0.0147. The Morgan fingerprint density at radius 1 is 1.15 bits per heavy atom. The molecule has 1 aromatic rings. The second-order valence-electron chi connectivity index (χ2n) is 4.41. The summed E-state index contributed by atoms with van der Waals surface area (Å²) in [5.41, 5.74) is 11.7. The van der Waals surface area contributed by atoms with Gasteiger partial charge in [-0.3, -0.25) is 0 Å². The molecule has 0 bridgehead atoms. The van der Waals surface area contributed by atoms with Crippen molar-refractivity contribution in [1.29, 1.82) is 0 Å². The number of aryl methyl sites for hydroxylation is 2.